The largest absolute Gasteiger partial charge is 0.357 e. The van der Waals surface area contributed by atoms with Crippen LogP contribution in [0.2, 0.25) is 0 Å². The lowest BCUT2D eigenvalue weighted by Gasteiger charge is -2.22. The van der Waals surface area contributed by atoms with Crippen LogP contribution < -0.4 is 5.32 Å². The zero-order chi connectivity index (χ0) is 15.4. The number of likely N-dealkylation sites (tertiary alicyclic amines) is 1. The van der Waals surface area contributed by atoms with Gasteiger partial charge >= 0.3 is 0 Å². The Hall–Kier alpha value is -0.790. The number of hydrogen-bond acceptors (Lipinski definition) is 2. The lowest BCUT2D eigenvalue weighted by atomic mass is 10.0. The van der Waals surface area contributed by atoms with E-state index < -0.39 is 0 Å². The Morgan fingerprint density at radius 3 is 2.78 bits per heavy atom. The summed E-state index contributed by atoms with van der Waals surface area (Å²) in [7, 11) is 1.99. The van der Waals surface area contributed by atoms with Crippen LogP contribution in [0.25, 0.3) is 0 Å². The third-order valence-electron chi connectivity index (χ3n) is 4.99. The summed E-state index contributed by atoms with van der Waals surface area (Å²) in [4.78, 5) is 7.35. The number of hydrogen-bond donors (Lipinski definition) is 1. The van der Waals surface area contributed by atoms with Crippen molar-refractivity contribution in [3.05, 3.63) is 18.0 Å². The van der Waals surface area contributed by atoms with Gasteiger partial charge in [0.2, 0.25) is 0 Å². The van der Waals surface area contributed by atoms with Crippen LogP contribution in [0.15, 0.2) is 17.4 Å². The van der Waals surface area contributed by atoms with Gasteiger partial charge in [-0.15, -0.1) is 24.0 Å². The molecule has 1 saturated carbocycles. The molecule has 1 aliphatic heterocycles. The zero-order valence-corrected chi connectivity index (χ0v) is 16.7. The number of aryl methyl sites for hydroxylation is 1. The Bertz CT molecular complexity index is 507. The fourth-order valence-electron chi connectivity index (χ4n) is 3.71. The summed E-state index contributed by atoms with van der Waals surface area (Å²) in [5, 5.41) is 7.79. The molecule has 6 heteroatoms. The van der Waals surface area contributed by atoms with Crippen LogP contribution in [0, 0.1) is 5.92 Å². The second kappa shape index (κ2) is 8.89. The third-order valence-corrected chi connectivity index (χ3v) is 4.99. The molecule has 1 saturated heterocycles. The molecule has 2 aliphatic rings. The van der Waals surface area contributed by atoms with E-state index in [-0.39, 0.29) is 24.0 Å². The predicted octanol–water partition coefficient (Wildman–Crippen LogP) is 2.98. The van der Waals surface area contributed by atoms with Crippen LogP contribution in [-0.4, -0.2) is 46.8 Å². The standard InChI is InChI=1S/C17H29N5.HI/c1-3-18-17(19-10-14-6-4-5-7-14)22-9-8-15(13-22)16-11-20-21(2)12-16;/h11-12,14-15H,3-10,13H2,1-2H3,(H,18,19);1H. The van der Waals surface area contributed by atoms with Gasteiger partial charge in [0, 0.05) is 45.3 Å². The van der Waals surface area contributed by atoms with E-state index in [1.54, 1.807) is 0 Å². The summed E-state index contributed by atoms with van der Waals surface area (Å²) < 4.78 is 1.90. The molecule has 0 spiro atoms. The van der Waals surface area contributed by atoms with Crippen molar-refractivity contribution in [3.63, 3.8) is 0 Å². The van der Waals surface area contributed by atoms with Gasteiger partial charge in [-0.3, -0.25) is 9.67 Å². The van der Waals surface area contributed by atoms with Crippen molar-refractivity contribution >= 4 is 29.9 Å². The number of aliphatic imine (C=N–C) groups is 1. The molecular formula is C17H30IN5. The Labute approximate surface area is 156 Å². The molecule has 1 aromatic rings. The van der Waals surface area contributed by atoms with Crippen molar-refractivity contribution < 1.29 is 0 Å². The lowest BCUT2D eigenvalue weighted by Crippen LogP contribution is -2.40. The molecule has 1 atom stereocenters. The highest BCUT2D eigenvalue weighted by atomic mass is 127. The lowest BCUT2D eigenvalue weighted by molar-refractivity contribution is 0.478. The van der Waals surface area contributed by atoms with E-state index in [0.29, 0.717) is 5.92 Å². The molecule has 0 radical (unpaired) electrons. The average molecular weight is 431 g/mol. The molecule has 1 N–H and O–H groups in total. The van der Waals surface area contributed by atoms with Crippen LogP contribution in [0.4, 0.5) is 0 Å². The van der Waals surface area contributed by atoms with Crippen LogP contribution >= 0.6 is 24.0 Å². The second-order valence-corrected chi connectivity index (χ2v) is 6.72. The maximum atomic E-state index is 4.92. The van der Waals surface area contributed by atoms with Gasteiger partial charge in [0.1, 0.15) is 0 Å². The molecule has 1 aliphatic carbocycles. The number of nitrogens with one attached hydrogen (secondary N) is 1. The molecular weight excluding hydrogens is 401 g/mol. The molecule has 3 rings (SSSR count). The summed E-state index contributed by atoms with van der Waals surface area (Å²) >= 11 is 0. The average Bonchev–Trinajstić information content (AvgIpc) is 3.24. The van der Waals surface area contributed by atoms with E-state index in [1.165, 1.54) is 37.7 Å². The van der Waals surface area contributed by atoms with Crippen molar-refractivity contribution in [2.45, 2.75) is 44.9 Å². The Balaban J connectivity index is 0.00000192. The fourth-order valence-corrected chi connectivity index (χ4v) is 3.71. The van der Waals surface area contributed by atoms with E-state index in [2.05, 4.69) is 28.4 Å². The van der Waals surface area contributed by atoms with Crippen molar-refractivity contribution in [2.24, 2.45) is 18.0 Å². The van der Waals surface area contributed by atoms with Crippen LogP contribution in [0.5, 0.6) is 0 Å². The molecule has 2 heterocycles. The van der Waals surface area contributed by atoms with Crippen molar-refractivity contribution in [3.8, 4) is 0 Å². The van der Waals surface area contributed by atoms with E-state index in [9.17, 15) is 0 Å². The minimum atomic E-state index is 0. The van der Waals surface area contributed by atoms with E-state index >= 15 is 0 Å². The minimum absolute atomic E-state index is 0. The summed E-state index contributed by atoms with van der Waals surface area (Å²) in [5.74, 6) is 2.51. The van der Waals surface area contributed by atoms with Crippen molar-refractivity contribution in [1.29, 1.82) is 0 Å². The Kier molecular flexibility index (Phi) is 7.17. The van der Waals surface area contributed by atoms with Crippen LogP contribution in [0.1, 0.15) is 50.5 Å². The Morgan fingerprint density at radius 1 is 1.35 bits per heavy atom. The Morgan fingerprint density at radius 2 is 2.13 bits per heavy atom. The first-order chi connectivity index (χ1) is 10.8. The van der Waals surface area contributed by atoms with E-state index in [4.69, 9.17) is 4.99 Å². The number of aromatic nitrogens is 2. The van der Waals surface area contributed by atoms with Gasteiger partial charge in [-0.05, 0) is 37.7 Å². The molecule has 5 nitrogen and oxygen atoms in total. The number of guanidine groups is 1. The summed E-state index contributed by atoms with van der Waals surface area (Å²) in [6, 6.07) is 0. The molecule has 0 amide bonds. The van der Waals surface area contributed by atoms with E-state index in [1.807, 2.05) is 17.9 Å². The number of rotatable bonds is 4. The number of nitrogens with zero attached hydrogens (tertiary/aromatic N) is 4. The zero-order valence-electron chi connectivity index (χ0n) is 14.4. The van der Waals surface area contributed by atoms with Crippen LogP contribution in [0.3, 0.4) is 0 Å². The highest BCUT2D eigenvalue weighted by molar-refractivity contribution is 14.0. The maximum absolute atomic E-state index is 4.92. The van der Waals surface area contributed by atoms with Crippen molar-refractivity contribution in [2.75, 3.05) is 26.2 Å². The maximum Gasteiger partial charge on any atom is 0.193 e. The molecule has 2 fully saturated rings. The second-order valence-electron chi connectivity index (χ2n) is 6.72. The minimum Gasteiger partial charge on any atom is -0.357 e. The quantitative estimate of drug-likeness (QED) is 0.453. The van der Waals surface area contributed by atoms with Gasteiger partial charge in [0.25, 0.3) is 0 Å². The molecule has 1 aromatic heterocycles. The SMILES string of the molecule is CCNC(=NCC1CCCC1)N1CCC(c2cnn(C)c2)C1.I. The molecule has 0 bridgehead atoms. The highest BCUT2D eigenvalue weighted by Gasteiger charge is 2.27. The topological polar surface area (TPSA) is 45.5 Å². The van der Waals surface area contributed by atoms with Gasteiger partial charge in [-0.2, -0.15) is 5.10 Å². The first kappa shape index (κ1) is 18.5. The van der Waals surface area contributed by atoms with Gasteiger partial charge in [-0.25, -0.2) is 0 Å². The summed E-state index contributed by atoms with van der Waals surface area (Å²) in [5.41, 5.74) is 1.36. The highest BCUT2D eigenvalue weighted by Crippen LogP contribution is 2.27. The molecule has 23 heavy (non-hydrogen) atoms. The smallest absolute Gasteiger partial charge is 0.193 e. The van der Waals surface area contributed by atoms with Gasteiger partial charge < -0.3 is 10.2 Å². The van der Waals surface area contributed by atoms with Crippen molar-refractivity contribution in [1.82, 2.24) is 20.0 Å². The monoisotopic (exact) mass is 431 g/mol. The van der Waals surface area contributed by atoms with E-state index in [0.717, 1.165) is 38.1 Å². The summed E-state index contributed by atoms with van der Waals surface area (Å²) in [6.07, 6.45) is 10.9. The first-order valence-electron chi connectivity index (χ1n) is 8.78. The van der Waals surface area contributed by atoms with Gasteiger partial charge in [0.15, 0.2) is 5.96 Å². The molecule has 130 valence electrons. The summed E-state index contributed by atoms with van der Waals surface area (Å²) in [6.45, 7) is 6.24. The third kappa shape index (κ3) is 4.84. The van der Waals surface area contributed by atoms with Gasteiger partial charge in [0.05, 0.1) is 6.20 Å². The number of halogens is 1. The van der Waals surface area contributed by atoms with Crippen LogP contribution in [-0.2, 0) is 7.05 Å². The van der Waals surface area contributed by atoms with Gasteiger partial charge in [-0.1, -0.05) is 12.8 Å². The normalized spacial score (nSPS) is 22.4. The molecule has 0 aromatic carbocycles. The fraction of sp³-hybridized carbons (Fsp3) is 0.765. The molecule has 1 unspecified atom stereocenters. The first-order valence-corrected chi connectivity index (χ1v) is 8.78. The predicted molar refractivity (Wildman–Crippen MR) is 105 cm³/mol.